The first-order chi connectivity index (χ1) is 9.69. The maximum Gasteiger partial charge on any atom is 0.0120 e. The molecule has 1 unspecified atom stereocenters. The maximum atomic E-state index is 3.71. The molecule has 0 fully saturated rings. The van der Waals surface area contributed by atoms with Crippen molar-refractivity contribution >= 4 is 0 Å². The molecule has 0 saturated heterocycles. The number of rotatable bonds is 10. The highest BCUT2D eigenvalue weighted by molar-refractivity contribution is 5.22. The van der Waals surface area contributed by atoms with Gasteiger partial charge in [-0.15, -0.1) is 0 Å². The zero-order valence-corrected chi connectivity index (χ0v) is 13.8. The Labute approximate surface area is 125 Å². The van der Waals surface area contributed by atoms with Gasteiger partial charge in [-0.05, 0) is 57.9 Å². The van der Waals surface area contributed by atoms with Crippen LogP contribution in [0.4, 0.5) is 0 Å². The fourth-order valence-electron chi connectivity index (χ4n) is 2.51. The highest BCUT2D eigenvalue weighted by atomic mass is 15.1. The minimum atomic E-state index is 0.596. The molecule has 1 aromatic carbocycles. The zero-order valence-electron chi connectivity index (χ0n) is 13.8. The van der Waals surface area contributed by atoms with Gasteiger partial charge in [-0.1, -0.05) is 50.6 Å². The summed E-state index contributed by atoms with van der Waals surface area (Å²) in [5, 5.41) is 3.71. The predicted molar refractivity (Wildman–Crippen MR) is 89.4 cm³/mol. The van der Waals surface area contributed by atoms with Gasteiger partial charge in [-0.2, -0.15) is 0 Å². The van der Waals surface area contributed by atoms with E-state index in [1.165, 1.54) is 30.5 Å². The van der Waals surface area contributed by atoms with E-state index in [0.717, 1.165) is 26.1 Å². The molecule has 2 nitrogen and oxygen atoms in total. The molecule has 0 aliphatic carbocycles. The van der Waals surface area contributed by atoms with Crippen LogP contribution in [0.25, 0.3) is 0 Å². The van der Waals surface area contributed by atoms with Crippen molar-refractivity contribution in [2.45, 2.75) is 53.0 Å². The summed E-state index contributed by atoms with van der Waals surface area (Å²) in [5.74, 6) is 0. The van der Waals surface area contributed by atoms with Gasteiger partial charge in [0.1, 0.15) is 0 Å². The number of hydrogen-bond acceptors (Lipinski definition) is 2. The minimum Gasteiger partial charge on any atom is -0.314 e. The number of benzene rings is 1. The van der Waals surface area contributed by atoms with Gasteiger partial charge in [0.2, 0.25) is 0 Å². The van der Waals surface area contributed by atoms with Crippen molar-refractivity contribution in [2.24, 2.45) is 0 Å². The highest BCUT2D eigenvalue weighted by Crippen LogP contribution is 2.09. The molecule has 0 amide bonds. The molecule has 0 heterocycles. The van der Waals surface area contributed by atoms with E-state index in [9.17, 15) is 0 Å². The monoisotopic (exact) mass is 276 g/mol. The van der Waals surface area contributed by atoms with E-state index >= 15 is 0 Å². The molecule has 2 heteroatoms. The van der Waals surface area contributed by atoms with E-state index in [0.29, 0.717) is 6.04 Å². The van der Waals surface area contributed by atoms with Crippen LogP contribution in [0.5, 0.6) is 0 Å². The van der Waals surface area contributed by atoms with Gasteiger partial charge >= 0.3 is 0 Å². The third-order valence-electron chi connectivity index (χ3n) is 3.97. The van der Waals surface area contributed by atoms with Gasteiger partial charge in [0.05, 0.1) is 0 Å². The lowest BCUT2D eigenvalue weighted by atomic mass is 10.0. The average molecular weight is 276 g/mol. The Kier molecular flexibility index (Phi) is 8.56. The van der Waals surface area contributed by atoms with Crippen molar-refractivity contribution in [3.8, 4) is 0 Å². The maximum absolute atomic E-state index is 3.71. The van der Waals surface area contributed by atoms with E-state index in [1.807, 2.05) is 0 Å². The Morgan fingerprint density at radius 3 is 2.25 bits per heavy atom. The van der Waals surface area contributed by atoms with Crippen molar-refractivity contribution in [1.82, 2.24) is 10.2 Å². The summed E-state index contributed by atoms with van der Waals surface area (Å²) >= 11 is 0. The van der Waals surface area contributed by atoms with Gasteiger partial charge in [0.15, 0.2) is 0 Å². The second kappa shape index (κ2) is 9.95. The Bertz CT molecular complexity index is 341. The molecule has 0 saturated carbocycles. The Morgan fingerprint density at radius 1 is 1.05 bits per heavy atom. The van der Waals surface area contributed by atoms with E-state index in [2.05, 4.69) is 62.2 Å². The van der Waals surface area contributed by atoms with Gasteiger partial charge in [-0.3, -0.25) is 0 Å². The molecule has 0 aliphatic rings. The Hall–Kier alpha value is -0.860. The van der Waals surface area contributed by atoms with Gasteiger partial charge in [0, 0.05) is 6.04 Å². The molecule has 114 valence electrons. The molecular weight excluding hydrogens is 244 g/mol. The van der Waals surface area contributed by atoms with Crippen LogP contribution in [0.2, 0.25) is 0 Å². The second-order valence-electron chi connectivity index (χ2n) is 5.66. The van der Waals surface area contributed by atoms with Crippen LogP contribution in [0.3, 0.4) is 0 Å². The highest BCUT2D eigenvalue weighted by Gasteiger charge is 2.10. The average Bonchev–Trinajstić information content (AvgIpc) is 2.47. The quantitative estimate of drug-likeness (QED) is 0.702. The van der Waals surface area contributed by atoms with Crippen molar-refractivity contribution in [3.63, 3.8) is 0 Å². The van der Waals surface area contributed by atoms with E-state index in [1.54, 1.807) is 0 Å². The molecule has 0 aliphatic heterocycles. The summed E-state index contributed by atoms with van der Waals surface area (Å²) in [6.45, 7) is 13.5. The Balaban J connectivity index is 2.52. The molecule has 1 rings (SSSR count). The predicted octanol–water partition coefficient (Wildman–Crippen LogP) is 3.64. The molecule has 0 aromatic heterocycles. The van der Waals surface area contributed by atoms with Gasteiger partial charge in [0.25, 0.3) is 0 Å². The lowest BCUT2D eigenvalue weighted by molar-refractivity contribution is 0.280. The van der Waals surface area contributed by atoms with Crippen molar-refractivity contribution in [3.05, 3.63) is 35.4 Å². The minimum absolute atomic E-state index is 0.596. The van der Waals surface area contributed by atoms with Crippen molar-refractivity contribution in [2.75, 3.05) is 26.2 Å². The lowest BCUT2D eigenvalue weighted by Crippen LogP contribution is -2.36. The van der Waals surface area contributed by atoms with E-state index < -0.39 is 0 Å². The van der Waals surface area contributed by atoms with Gasteiger partial charge in [-0.25, -0.2) is 0 Å². The molecule has 1 N–H and O–H groups in total. The molecule has 20 heavy (non-hydrogen) atoms. The van der Waals surface area contributed by atoms with Crippen LogP contribution in [-0.2, 0) is 6.42 Å². The first-order valence-corrected chi connectivity index (χ1v) is 8.20. The Morgan fingerprint density at radius 2 is 1.70 bits per heavy atom. The molecule has 0 bridgehead atoms. The third kappa shape index (κ3) is 6.53. The topological polar surface area (TPSA) is 15.3 Å². The van der Waals surface area contributed by atoms with Crippen LogP contribution >= 0.6 is 0 Å². The zero-order chi connectivity index (χ0) is 14.8. The fraction of sp³-hybridized carbons (Fsp3) is 0.667. The number of aryl methyl sites for hydroxylation is 1. The van der Waals surface area contributed by atoms with E-state index in [4.69, 9.17) is 0 Å². The standard InChI is InChI=1S/C18H32N2/c1-5-13-19-18(12-14-20(6-2)7-3)15-17-10-8-16(4)9-11-17/h8-11,18-19H,5-7,12-15H2,1-4H3. The summed E-state index contributed by atoms with van der Waals surface area (Å²) in [6.07, 6.45) is 3.58. The number of nitrogens with zero attached hydrogens (tertiary/aromatic N) is 1. The molecule has 0 spiro atoms. The molecule has 0 radical (unpaired) electrons. The molecule has 1 atom stereocenters. The first kappa shape index (κ1) is 17.2. The normalized spacial score (nSPS) is 12.8. The van der Waals surface area contributed by atoms with E-state index in [-0.39, 0.29) is 0 Å². The second-order valence-corrected chi connectivity index (χ2v) is 5.66. The summed E-state index contributed by atoms with van der Waals surface area (Å²) in [7, 11) is 0. The van der Waals surface area contributed by atoms with Crippen molar-refractivity contribution < 1.29 is 0 Å². The summed E-state index contributed by atoms with van der Waals surface area (Å²) in [5.41, 5.74) is 2.79. The largest absolute Gasteiger partial charge is 0.314 e. The molecule has 1 aromatic rings. The lowest BCUT2D eigenvalue weighted by Gasteiger charge is -2.24. The van der Waals surface area contributed by atoms with Crippen LogP contribution in [0, 0.1) is 6.92 Å². The van der Waals surface area contributed by atoms with Crippen LogP contribution < -0.4 is 5.32 Å². The number of hydrogen-bond donors (Lipinski definition) is 1. The summed E-state index contributed by atoms with van der Waals surface area (Å²) in [4.78, 5) is 2.51. The summed E-state index contributed by atoms with van der Waals surface area (Å²) in [6, 6.07) is 9.58. The fourth-order valence-corrected chi connectivity index (χ4v) is 2.51. The smallest absolute Gasteiger partial charge is 0.0120 e. The van der Waals surface area contributed by atoms with Crippen LogP contribution in [0.1, 0.15) is 44.7 Å². The molecular formula is C18H32N2. The summed E-state index contributed by atoms with van der Waals surface area (Å²) < 4.78 is 0. The van der Waals surface area contributed by atoms with Gasteiger partial charge < -0.3 is 10.2 Å². The van der Waals surface area contributed by atoms with Crippen molar-refractivity contribution in [1.29, 1.82) is 0 Å². The first-order valence-electron chi connectivity index (χ1n) is 8.20. The SMILES string of the molecule is CCCNC(CCN(CC)CC)Cc1ccc(C)cc1. The third-order valence-corrected chi connectivity index (χ3v) is 3.97. The van der Waals surface area contributed by atoms with Crippen LogP contribution in [-0.4, -0.2) is 37.1 Å². The number of nitrogens with one attached hydrogen (secondary N) is 1. The van der Waals surface area contributed by atoms with Crippen LogP contribution in [0.15, 0.2) is 24.3 Å².